The SMILES string of the molecule is O=[N+]([O-])c1ccc(SC2CCNCC2)cc1. The van der Waals surface area contributed by atoms with Crippen LogP contribution in [0.3, 0.4) is 0 Å². The quantitative estimate of drug-likeness (QED) is 0.649. The van der Waals surface area contributed by atoms with Crippen LogP contribution >= 0.6 is 11.8 Å². The van der Waals surface area contributed by atoms with Gasteiger partial charge >= 0.3 is 0 Å². The lowest BCUT2D eigenvalue weighted by Crippen LogP contribution is -2.29. The molecule has 0 aromatic heterocycles. The van der Waals surface area contributed by atoms with Crippen LogP contribution in [-0.2, 0) is 0 Å². The van der Waals surface area contributed by atoms with Gasteiger partial charge in [-0.1, -0.05) is 0 Å². The Balaban J connectivity index is 1.96. The molecule has 0 bridgehead atoms. The van der Waals surface area contributed by atoms with Crippen molar-refractivity contribution in [1.29, 1.82) is 0 Å². The first kappa shape index (κ1) is 11.4. The lowest BCUT2D eigenvalue weighted by Gasteiger charge is -2.21. The summed E-state index contributed by atoms with van der Waals surface area (Å²) in [6, 6.07) is 6.82. The molecule has 0 unspecified atom stereocenters. The number of thioether (sulfide) groups is 1. The maximum absolute atomic E-state index is 10.5. The number of nitro groups is 1. The second kappa shape index (κ2) is 5.32. The molecule has 0 saturated carbocycles. The Bertz CT molecular complexity index is 361. The third-order valence-corrected chi connectivity index (χ3v) is 3.99. The Kier molecular flexibility index (Phi) is 3.79. The van der Waals surface area contributed by atoms with Gasteiger partial charge in [-0.15, -0.1) is 11.8 Å². The van der Waals surface area contributed by atoms with Crippen molar-refractivity contribution in [2.24, 2.45) is 0 Å². The van der Waals surface area contributed by atoms with E-state index in [1.807, 2.05) is 23.9 Å². The highest BCUT2D eigenvalue weighted by atomic mass is 32.2. The number of hydrogen-bond donors (Lipinski definition) is 1. The smallest absolute Gasteiger partial charge is 0.269 e. The van der Waals surface area contributed by atoms with E-state index in [9.17, 15) is 10.1 Å². The summed E-state index contributed by atoms with van der Waals surface area (Å²) in [6.07, 6.45) is 2.34. The topological polar surface area (TPSA) is 55.2 Å². The molecule has 1 aliphatic rings. The molecule has 0 spiro atoms. The highest BCUT2D eigenvalue weighted by Gasteiger charge is 2.14. The molecule has 86 valence electrons. The number of nitrogens with one attached hydrogen (secondary N) is 1. The summed E-state index contributed by atoms with van der Waals surface area (Å²) in [4.78, 5) is 11.3. The van der Waals surface area contributed by atoms with Gasteiger partial charge in [-0.05, 0) is 38.1 Å². The minimum atomic E-state index is -0.362. The third-order valence-electron chi connectivity index (χ3n) is 2.64. The number of hydrogen-bond acceptors (Lipinski definition) is 4. The second-order valence-electron chi connectivity index (χ2n) is 3.82. The molecule has 0 radical (unpaired) electrons. The van der Waals surface area contributed by atoms with E-state index >= 15 is 0 Å². The summed E-state index contributed by atoms with van der Waals surface area (Å²) in [5.41, 5.74) is 0.162. The molecule has 1 aromatic carbocycles. The first-order chi connectivity index (χ1) is 7.75. The van der Waals surface area contributed by atoms with Crippen LogP contribution in [0.4, 0.5) is 5.69 Å². The summed E-state index contributed by atoms with van der Waals surface area (Å²) in [6.45, 7) is 2.15. The highest BCUT2D eigenvalue weighted by Crippen LogP contribution is 2.29. The number of benzene rings is 1. The van der Waals surface area contributed by atoms with Crippen LogP contribution in [0.25, 0.3) is 0 Å². The number of piperidine rings is 1. The van der Waals surface area contributed by atoms with Crippen molar-refractivity contribution in [2.75, 3.05) is 13.1 Å². The van der Waals surface area contributed by atoms with Gasteiger partial charge in [0.2, 0.25) is 0 Å². The van der Waals surface area contributed by atoms with Crippen LogP contribution in [0.2, 0.25) is 0 Å². The molecule has 5 heteroatoms. The number of non-ortho nitro benzene ring substituents is 1. The van der Waals surface area contributed by atoms with Gasteiger partial charge in [-0.25, -0.2) is 0 Å². The van der Waals surface area contributed by atoms with Crippen molar-refractivity contribution in [3.8, 4) is 0 Å². The van der Waals surface area contributed by atoms with Crippen molar-refractivity contribution < 1.29 is 4.92 Å². The molecule has 16 heavy (non-hydrogen) atoms. The number of nitro benzene ring substituents is 1. The lowest BCUT2D eigenvalue weighted by molar-refractivity contribution is -0.384. The number of nitrogens with zero attached hydrogens (tertiary/aromatic N) is 1. The van der Waals surface area contributed by atoms with Crippen LogP contribution < -0.4 is 5.32 Å². The maximum Gasteiger partial charge on any atom is 0.269 e. The van der Waals surface area contributed by atoms with Crippen LogP contribution in [0, 0.1) is 10.1 Å². The van der Waals surface area contributed by atoms with Gasteiger partial charge in [0.1, 0.15) is 0 Å². The molecule has 1 N–H and O–H groups in total. The van der Waals surface area contributed by atoms with E-state index in [1.54, 1.807) is 12.1 Å². The van der Waals surface area contributed by atoms with Gasteiger partial charge in [0, 0.05) is 22.3 Å². The monoisotopic (exact) mass is 238 g/mol. The second-order valence-corrected chi connectivity index (χ2v) is 5.19. The molecule has 0 amide bonds. The van der Waals surface area contributed by atoms with Crippen molar-refractivity contribution in [3.63, 3.8) is 0 Å². The van der Waals surface area contributed by atoms with Gasteiger partial charge in [0.15, 0.2) is 0 Å². The fourth-order valence-corrected chi connectivity index (χ4v) is 2.90. The highest BCUT2D eigenvalue weighted by molar-refractivity contribution is 8.00. The van der Waals surface area contributed by atoms with Gasteiger partial charge in [-0.2, -0.15) is 0 Å². The normalized spacial score (nSPS) is 17.2. The zero-order chi connectivity index (χ0) is 11.4. The van der Waals surface area contributed by atoms with E-state index in [0.717, 1.165) is 18.0 Å². The van der Waals surface area contributed by atoms with E-state index in [2.05, 4.69) is 5.32 Å². The first-order valence-corrected chi connectivity index (χ1v) is 6.25. The van der Waals surface area contributed by atoms with E-state index in [4.69, 9.17) is 0 Å². The standard InChI is InChI=1S/C11H14N2O2S/c14-13(15)9-1-3-10(4-2-9)16-11-5-7-12-8-6-11/h1-4,11-12H,5-8H2. The predicted molar refractivity (Wildman–Crippen MR) is 64.8 cm³/mol. The van der Waals surface area contributed by atoms with Gasteiger partial charge < -0.3 is 5.32 Å². The first-order valence-electron chi connectivity index (χ1n) is 5.37. The van der Waals surface area contributed by atoms with Crippen LogP contribution in [-0.4, -0.2) is 23.3 Å². The molecule has 1 fully saturated rings. The molecular formula is C11H14N2O2S. The van der Waals surface area contributed by atoms with E-state index < -0.39 is 0 Å². The summed E-state index contributed by atoms with van der Waals surface area (Å²) >= 11 is 1.82. The molecule has 1 aromatic rings. The largest absolute Gasteiger partial charge is 0.317 e. The zero-order valence-electron chi connectivity index (χ0n) is 8.89. The summed E-state index contributed by atoms with van der Waals surface area (Å²) < 4.78 is 0. The summed E-state index contributed by atoms with van der Waals surface area (Å²) in [5, 5.41) is 14.5. The van der Waals surface area contributed by atoms with Gasteiger partial charge in [0.25, 0.3) is 5.69 Å². The molecule has 1 saturated heterocycles. The Morgan fingerprint density at radius 3 is 2.44 bits per heavy atom. The molecule has 0 atom stereocenters. The number of rotatable bonds is 3. The Morgan fingerprint density at radius 1 is 1.25 bits per heavy atom. The fraction of sp³-hybridized carbons (Fsp3) is 0.455. The Morgan fingerprint density at radius 2 is 1.88 bits per heavy atom. The minimum absolute atomic E-state index is 0.162. The molecule has 1 aliphatic heterocycles. The molecule has 4 nitrogen and oxygen atoms in total. The molecule has 2 rings (SSSR count). The maximum atomic E-state index is 10.5. The van der Waals surface area contributed by atoms with Crippen LogP contribution in [0.15, 0.2) is 29.2 Å². The lowest BCUT2D eigenvalue weighted by atomic mass is 10.2. The van der Waals surface area contributed by atoms with Crippen molar-refractivity contribution in [2.45, 2.75) is 23.0 Å². The zero-order valence-corrected chi connectivity index (χ0v) is 9.70. The van der Waals surface area contributed by atoms with E-state index in [1.165, 1.54) is 12.8 Å². The Labute approximate surface area is 98.6 Å². The predicted octanol–water partition coefficient (Wildman–Crippen LogP) is 2.44. The van der Waals surface area contributed by atoms with Crippen molar-refractivity contribution >= 4 is 17.4 Å². The van der Waals surface area contributed by atoms with Crippen molar-refractivity contribution in [3.05, 3.63) is 34.4 Å². The average molecular weight is 238 g/mol. The average Bonchev–Trinajstić information content (AvgIpc) is 2.31. The van der Waals surface area contributed by atoms with Crippen LogP contribution in [0.5, 0.6) is 0 Å². The molecule has 1 heterocycles. The minimum Gasteiger partial charge on any atom is -0.317 e. The van der Waals surface area contributed by atoms with E-state index in [-0.39, 0.29) is 10.6 Å². The molecular weight excluding hydrogens is 224 g/mol. The van der Waals surface area contributed by atoms with E-state index in [0.29, 0.717) is 5.25 Å². The fourth-order valence-electron chi connectivity index (χ4n) is 1.75. The Hall–Kier alpha value is -1.07. The van der Waals surface area contributed by atoms with Crippen molar-refractivity contribution in [1.82, 2.24) is 5.32 Å². The van der Waals surface area contributed by atoms with Gasteiger partial charge in [0.05, 0.1) is 4.92 Å². The third kappa shape index (κ3) is 2.96. The molecule has 0 aliphatic carbocycles. The van der Waals surface area contributed by atoms with Crippen LogP contribution in [0.1, 0.15) is 12.8 Å². The van der Waals surface area contributed by atoms with Gasteiger partial charge in [-0.3, -0.25) is 10.1 Å². The summed E-state index contributed by atoms with van der Waals surface area (Å²) in [5.74, 6) is 0. The summed E-state index contributed by atoms with van der Waals surface area (Å²) in [7, 11) is 0.